The van der Waals surface area contributed by atoms with Gasteiger partial charge in [0.1, 0.15) is 5.54 Å². The van der Waals surface area contributed by atoms with E-state index < -0.39 is 11.0 Å². The van der Waals surface area contributed by atoms with Gasteiger partial charge < -0.3 is 5.32 Å². The number of nitrogens with one attached hydrogen (secondary N) is 1. The summed E-state index contributed by atoms with van der Waals surface area (Å²) in [7, 11) is 0. The molecule has 38 heavy (non-hydrogen) atoms. The van der Waals surface area contributed by atoms with Crippen LogP contribution < -0.4 is 5.32 Å². The number of anilines is 1. The van der Waals surface area contributed by atoms with Gasteiger partial charge in [-0.25, -0.2) is 0 Å². The normalized spacial score (nSPS) is 29.6. The van der Waals surface area contributed by atoms with E-state index >= 15 is 4.79 Å². The lowest BCUT2D eigenvalue weighted by Crippen LogP contribution is -2.60. The number of carbonyl (C=O) groups is 2. The van der Waals surface area contributed by atoms with Crippen LogP contribution in [0.4, 0.5) is 5.69 Å². The number of halogens is 1. The first-order chi connectivity index (χ1) is 18.6. The van der Waals surface area contributed by atoms with Crippen molar-refractivity contribution in [3.63, 3.8) is 0 Å². The second-order valence-corrected chi connectivity index (χ2v) is 12.2. The molecule has 5 nitrogen and oxygen atoms in total. The number of thioether (sulfide) groups is 1. The molecule has 3 aliphatic heterocycles. The number of amides is 1. The Kier molecular flexibility index (Phi) is 4.74. The number of pyridine rings is 1. The van der Waals surface area contributed by atoms with Crippen LogP contribution in [-0.4, -0.2) is 39.2 Å². The van der Waals surface area contributed by atoms with Crippen molar-refractivity contribution in [2.24, 2.45) is 5.41 Å². The Balaban J connectivity index is 1.45. The maximum absolute atomic E-state index is 15.2. The largest absolute Gasteiger partial charge is 0.324 e. The zero-order chi connectivity index (χ0) is 25.6. The number of rotatable bonds is 1. The number of ketones is 1. The Morgan fingerprint density at radius 1 is 1.00 bits per heavy atom. The van der Waals surface area contributed by atoms with Gasteiger partial charge in [0.05, 0.1) is 16.6 Å². The van der Waals surface area contributed by atoms with Gasteiger partial charge in [0, 0.05) is 50.8 Å². The number of fused-ring (bicyclic) bond motifs is 7. The highest BCUT2D eigenvalue weighted by molar-refractivity contribution is 7.99. The number of Topliss-reactive ketones (excluding diaryl/α,β-unsaturated/α-hetero) is 1. The van der Waals surface area contributed by atoms with E-state index in [1.807, 2.05) is 78.5 Å². The van der Waals surface area contributed by atoms with Crippen molar-refractivity contribution in [3.05, 3.63) is 106 Å². The van der Waals surface area contributed by atoms with Crippen molar-refractivity contribution < 1.29 is 9.59 Å². The fourth-order valence-corrected chi connectivity index (χ4v) is 9.32. The van der Waals surface area contributed by atoms with E-state index in [9.17, 15) is 4.79 Å². The van der Waals surface area contributed by atoms with E-state index in [2.05, 4.69) is 22.3 Å². The molecule has 4 aromatic rings. The first-order valence-electron chi connectivity index (χ1n) is 13.0. The van der Waals surface area contributed by atoms with E-state index in [4.69, 9.17) is 16.6 Å². The van der Waals surface area contributed by atoms with E-state index in [1.54, 1.807) is 0 Å². The molecule has 2 saturated heterocycles. The topological polar surface area (TPSA) is 62.3 Å². The van der Waals surface area contributed by atoms with E-state index in [0.29, 0.717) is 29.3 Å². The van der Waals surface area contributed by atoms with Crippen molar-refractivity contribution in [3.8, 4) is 0 Å². The Labute approximate surface area is 229 Å². The van der Waals surface area contributed by atoms with Crippen LogP contribution in [0, 0.1) is 5.41 Å². The van der Waals surface area contributed by atoms with E-state index in [0.717, 1.165) is 39.2 Å². The molecule has 188 valence electrons. The molecule has 0 saturated carbocycles. The van der Waals surface area contributed by atoms with Gasteiger partial charge in [0.2, 0.25) is 0 Å². The molecule has 2 fully saturated rings. The van der Waals surface area contributed by atoms with E-state index in [-0.39, 0.29) is 23.7 Å². The Hall–Kier alpha value is -3.19. The first kappa shape index (κ1) is 22.8. The monoisotopic (exact) mass is 537 g/mol. The standard InChI is InChI=1S/C31H24ClN3O2S/c32-20-11-9-18(10-12-20)27-26-16-38-17-35(26)31(22-6-2-4-8-25(22)34-29(31)37)30(27)14-13-24-21(28(30)36)15-19-5-1-3-7-23(19)33-24/h1-12,15,26-27H,13-14,16-17H2,(H,34,37)/t26-,27-,30-,31-/m0/s1. The molecule has 4 aliphatic rings. The third-order valence-electron chi connectivity index (χ3n) is 9.24. The summed E-state index contributed by atoms with van der Waals surface area (Å²) >= 11 is 8.15. The van der Waals surface area contributed by atoms with Crippen LogP contribution in [0.5, 0.6) is 0 Å². The van der Waals surface area contributed by atoms with Crippen molar-refractivity contribution in [1.82, 2.24) is 9.88 Å². The van der Waals surface area contributed by atoms with Crippen molar-refractivity contribution in [2.75, 3.05) is 16.9 Å². The van der Waals surface area contributed by atoms with Crippen molar-refractivity contribution >= 4 is 51.6 Å². The molecule has 0 bridgehead atoms. The molecule has 3 aromatic carbocycles. The van der Waals surface area contributed by atoms with E-state index in [1.165, 1.54) is 0 Å². The van der Waals surface area contributed by atoms with Crippen LogP contribution >= 0.6 is 23.4 Å². The highest BCUT2D eigenvalue weighted by Gasteiger charge is 2.78. The van der Waals surface area contributed by atoms with Gasteiger partial charge in [0.15, 0.2) is 5.78 Å². The lowest BCUT2D eigenvalue weighted by Gasteiger charge is -2.48. The molecule has 4 atom stereocenters. The highest BCUT2D eigenvalue weighted by Crippen LogP contribution is 2.70. The second kappa shape index (κ2) is 7.92. The molecule has 1 N–H and O–H groups in total. The minimum Gasteiger partial charge on any atom is -0.324 e. The number of aryl methyl sites for hydroxylation is 1. The first-order valence-corrected chi connectivity index (χ1v) is 14.5. The van der Waals surface area contributed by atoms with Gasteiger partial charge in [-0.15, -0.1) is 11.8 Å². The van der Waals surface area contributed by atoms with Crippen molar-refractivity contribution in [1.29, 1.82) is 0 Å². The SMILES string of the molecule is O=C1Nc2ccccc2[C@]12N1CSC[C@H]1[C@H](c1ccc(Cl)cc1)[C@]21CCc2nc3ccccc3cc2C1=O. The fraction of sp³-hybridized carbons (Fsp3) is 0.258. The molecular weight excluding hydrogens is 514 g/mol. The van der Waals surface area contributed by atoms with Crippen LogP contribution in [-0.2, 0) is 16.8 Å². The average molecular weight is 538 g/mol. The van der Waals surface area contributed by atoms with Crippen LogP contribution in [0.3, 0.4) is 0 Å². The van der Waals surface area contributed by atoms with Crippen LogP contribution in [0.25, 0.3) is 10.9 Å². The lowest BCUT2D eigenvalue weighted by atomic mass is 9.53. The maximum Gasteiger partial charge on any atom is 0.250 e. The summed E-state index contributed by atoms with van der Waals surface area (Å²) in [5, 5.41) is 4.79. The Morgan fingerprint density at radius 2 is 1.79 bits per heavy atom. The van der Waals surface area contributed by atoms with Gasteiger partial charge >= 0.3 is 0 Å². The maximum atomic E-state index is 15.2. The smallest absolute Gasteiger partial charge is 0.250 e. The summed E-state index contributed by atoms with van der Waals surface area (Å²) in [6.07, 6.45) is 1.19. The second-order valence-electron chi connectivity index (χ2n) is 10.8. The Morgan fingerprint density at radius 3 is 2.66 bits per heavy atom. The van der Waals surface area contributed by atoms with Crippen LogP contribution in [0.2, 0.25) is 5.02 Å². The number of para-hydroxylation sites is 2. The summed E-state index contributed by atoms with van der Waals surface area (Å²) in [5.74, 6) is 1.34. The predicted molar refractivity (Wildman–Crippen MR) is 151 cm³/mol. The predicted octanol–water partition coefficient (Wildman–Crippen LogP) is 6.02. The third kappa shape index (κ3) is 2.66. The lowest BCUT2D eigenvalue weighted by molar-refractivity contribution is -0.131. The van der Waals surface area contributed by atoms with Gasteiger partial charge in [0.25, 0.3) is 5.91 Å². The quantitative estimate of drug-likeness (QED) is 0.321. The molecule has 1 amide bonds. The minimum absolute atomic E-state index is 0.0307. The van der Waals surface area contributed by atoms with Gasteiger partial charge in [-0.05, 0) is 48.7 Å². The van der Waals surface area contributed by atoms with Crippen LogP contribution in [0.1, 0.15) is 39.5 Å². The number of aromatic nitrogens is 1. The summed E-state index contributed by atoms with van der Waals surface area (Å²) in [4.78, 5) is 36.9. The number of carbonyl (C=O) groups excluding carboxylic acids is 2. The van der Waals surface area contributed by atoms with Crippen LogP contribution in [0.15, 0.2) is 78.9 Å². The molecule has 0 radical (unpaired) electrons. The average Bonchev–Trinajstić information content (AvgIpc) is 3.59. The number of hydrogen-bond donors (Lipinski definition) is 1. The molecule has 0 unspecified atom stereocenters. The summed E-state index contributed by atoms with van der Waals surface area (Å²) in [5.41, 5.74) is 3.08. The van der Waals surface area contributed by atoms with Crippen molar-refractivity contribution in [2.45, 2.75) is 30.3 Å². The molecular formula is C31H24ClN3O2S. The Bertz CT molecular complexity index is 1670. The number of benzene rings is 3. The molecule has 1 aromatic heterocycles. The highest BCUT2D eigenvalue weighted by atomic mass is 35.5. The minimum atomic E-state index is -1.09. The van der Waals surface area contributed by atoms with Gasteiger partial charge in [-0.2, -0.15) is 0 Å². The molecule has 8 rings (SSSR count). The number of nitrogens with zero attached hydrogens (tertiary/aromatic N) is 2. The zero-order valence-corrected chi connectivity index (χ0v) is 22.1. The molecule has 4 heterocycles. The summed E-state index contributed by atoms with van der Waals surface area (Å²) in [6.45, 7) is 0. The summed E-state index contributed by atoms with van der Waals surface area (Å²) < 4.78 is 0. The van der Waals surface area contributed by atoms with Gasteiger partial charge in [-0.1, -0.05) is 60.1 Å². The number of hydrogen-bond acceptors (Lipinski definition) is 5. The zero-order valence-electron chi connectivity index (χ0n) is 20.5. The molecule has 2 spiro atoms. The third-order valence-corrected chi connectivity index (χ3v) is 10.5. The molecule has 7 heteroatoms. The van der Waals surface area contributed by atoms with Gasteiger partial charge in [-0.3, -0.25) is 19.5 Å². The summed E-state index contributed by atoms with van der Waals surface area (Å²) in [6, 6.07) is 25.8. The molecule has 1 aliphatic carbocycles. The fourth-order valence-electron chi connectivity index (χ4n) is 7.89.